The number of aliphatic imine (C=N–C) groups is 1. The predicted molar refractivity (Wildman–Crippen MR) is 122 cm³/mol. The first-order chi connectivity index (χ1) is 13.6. The SMILES string of the molecule is COc1ccc(CN=C(N)NCc2nc(-c3cccc(Cl)c3)no2)cc1OC.I. The second kappa shape index (κ2) is 10.9. The highest BCUT2D eigenvalue weighted by atomic mass is 127. The molecule has 0 bridgehead atoms. The summed E-state index contributed by atoms with van der Waals surface area (Å²) in [6, 6.07) is 12.8. The van der Waals surface area contributed by atoms with Gasteiger partial charge in [-0.2, -0.15) is 4.98 Å². The fourth-order valence-corrected chi connectivity index (χ4v) is 2.64. The second-order valence-electron chi connectivity index (χ2n) is 5.77. The summed E-state index contributed by atoms with van der Waals surface area (Å²) in [6.07, 6.45) is 0. The van der Waals surface area contributed by atoms with E-state index in [0.717, 1.165) is 11.1 Å². The molecule has 0 unspecified atom stereocenters. The average molecular weight is 530 g/mol. The van der Waals surface area contributed by atoms with Gasteiger partial charge in [-0.3, -0.25) is 0 Å². The van der Waals surface area contributed by atoms with Crippen molar-refractivity contribution >= 4 is 41.5 Å². The van der Waals surface area contributed by atoms with Gasteiger partial charge in [-0.15, -0.1) is 24.0 Å². The van der Waals surface area contributed by atoms with Crippen LogP contribution in [0.25, 0.3) is 11.4 Å². The van der Waals surface area contributed by atoms with Gasteiger partial charge in [0.05, 0.1) is 27.3 Å². The molecule has 10 heteroatoms. The van der Waals surface area contributed by atoms with Crippen molar-refractivity contribution < 1.29 is 14.0 Å². The third kappa shape index (κ3) is 6.23. The predicted octanol–water partition coefficient (Wildman–Crippen LogP) is 3.63. The number of benzene rings is 2. The lowest BCUT2D eigenvalue weighted by Crippen LogP contribution is -2.31. The molecule has 3 N–H and O–H groups in total. The number of nitrogens with two attached hydrogens (primary N) is 1. The number of ether oxygens (including phenoxy) is 2. The molecule has 0 aliphatic heterocycles. The molecule has 8 nitrogen and oxygen atoms in total. The maximum absolute atomic E-state index is 5.98. The van der Waals surface area contributed by atoms with Crippen LogP contribution in [0.5, 0.6) is 11.5 Å². The molecule has 0 saturated carbocycles. The zero-order valence-electron chi connectivity index (χ0n) is 15.9. The largest absolute Gasteiger partial charge is 0.493 e. The van der Waals surface area contributed by atoms with Crippen LogP contribution in [-0.4, -0.2) is 30.3 Å². The van der Waals surface area contributed by atoms with Crippen LogP contribution < -0.4 is 20.5 Å². The van der Waals surface area contributed by atoms with E-state index in [9.17, 15) is 0 Å². The van der Waals surface area contributed by atoms with Gasteiger partial charge in [-0.05, 0) is 29.8 Å². The van der Waals surface area contributed by atoms with E-state index < -0.39 is 0 Å². The van der Waals surface area contributed by atoms with Crippen LogP contribution in [0.15, 0.2) is 52.0 Å². The number of hydrogen-bond donors (Lipinski definition) is 2. The zero-order chi connectivity index (χ0) is 19.9. The molecule has 0 aliphatic rings. The highest BCUT2D eigenvalue weighted by Crippen LogP contribution is 2.27. The molecule has 0 aliphatic carbocycles. The number of hydrogen-bond acceptors (Lipinski definition) is 6. The molecule has 2 aromatic carbocycles. The Morgan fingerprint density at radius 3 is 2.69 bits per heavy atom. The van der Waals surface area contributed by atoms with Gasteiger partial charge in [0.1, 0.15) is 0 Å². The van der Waals surface area contributed by atoms with Crippen molar-refractivity contribution in [3.8, 4) is 22.9 Å². The lowest BCUT2D eigenvalue weighted by atomic mass is 10.2. The molecule has 3 rings (SSSR count). The zero-order valence-corrected chi connectivity index (χ0v) is 19.0. The van der Waals surface area contributed by atoms with Gasteiger partial charge in [0.15, 0.2) is 17.5 Å². The fourth-order valence-electron chi connectivity index (χ4n) is 2.45. The van der Waals surface area contributed by atoms with Crippen molar-refractivity contribution in [2.45, 2.75) is 13.1 Å². The summed E-state index contributed by atoms with van der Waals surface area (Å²) in [5, 5.41) is 7.49. The number of guanidine groups is 1. The standard InChI is InChI=1S/C19H20ClN5O3.HI/c1-26-15-7-6-12(8-16(15)27-2)10-22-19(21)23-11-17-24-18(25-28-17)13-4-3-5-14(20)9-13;/h3-9H,10-11H2,1-2H3,(H3,21,22,23);1H. The van der Waals surface area contributed by atoms with Crippen LogP contribution >= 0.6 is 35.6 Å². The molecule has 0 radical (unpaired) electrons. The molecular weight excluding hydrogens is 509 g/mol. The highest BCUT2D eigenvalue weighted by Gasteiger charge is 2.09. The van der Waals surface area contributed by atoms with Gasteiger partial charge in [-0.1, -0.05) is 35.0 Å². The van der Waals surface area contributed by atoms with E-state index in [2.05, 4.69) is 20.4 Å². The van der Waals surface area contributed by atoms with Crippen molar-refractivity contribution in [3.05, 3.63) is 58.9 Å². The Balaban J connectivity index is 0.00000300. The molecule has 0 atom stereocenters. The Morgan fingerprint density at radius 1 is 1.17 bits per heavy atom. The van der Waals surface area contributed by atoms with Crippen molar-refractivity contribution in [1.82, 2.24) is 15.5 Å². The van der Waals surface area contributed by atoms with Crippen LogP contribution in [0.1, 0.15) is 11.5 Å². The third-order valence-electron chi connectivity index (χ3n) is 3.85. The number of aromatic nitrogens is 2. The summed E-state index contributed by atoms with van der Waals surface area (Å²) in [4.78, 5) is 8.61. The van der Waals surface area contributed by atoms with E-state index in [4.69, 9.17) is 31.3 Å². The second-order valence-corrected chi connectivity index (χ2v) is 6.20. The van der Waals surface area contributed by atoms with Gasteiger partial charge in [-0.25, -0.2) is 4.99 Å². The number of halogens is 2. The summed E-state index contributed by atoms with van der Waals surface area (Å²) in [5.41, 5.74) is 7.62. The summed E-state index contributed by atoms with van der Waals surface area (Å²) in [5.74, 6) is 2.41. The third-order valence-corrected chi connectivity index (χ3v) is 4.09. The lowest BCUT2D eigenvalue weighted by molar-refractivity contribution is 0.354. The van der Waals surface area contributed by atoms with Gasteiger partial charge < -0.3 is 25.0 Å². The van der Waals surface area contributed by atoms with E-state index in [1.165, 1.54) is 0 Å². The Bertz CT molecular complexity index is 980. The normalized spacial score (nSPS) is 10.9. The number of rotatable bonds is 7. The summed E-state index contributed by atoms with van der Waals surface area (Å²) >= 11 is 5.98. The highest BCUT2D eigenvalue weighted by molar-refractivity contribution is 14.0. The van der Waals surface area contributed by atoms with Crippen LogP contribution in [0.4, 0.5) is 0 Å². The first kappa shape index (κ1) is 22.8. The summed E-state index contributed by atoms with van der Waals surface area (Å²) in [6.45, 7) is 0.644. The molecule has 0 saturated heterocycles. The van der Waals surface area contributed by atoms with Crippen molar-refractivity contribution in [2.75, 3.05) is 14.2 Å². The molecule has 3 aromatic rings. The van der Waals surface area contributed by atoms with Crippen molar-refractivity contribution in [3.63, 3.8) is 0 Å². The first-order valence-electron chi connectivity index (χ1n) is 8.42. The topological polar surface area (TPSA) is 108 Å². The number of nitrogens with zero attached hydrogens (tertiary/aromatic N) is 3. The molecule has 1 aromatic heterocycles. The molecule has 0 amide bonds. The maximum atomic E-state index is 5.98. The number of nitrogens with one attached hydrogen (secondary N) is 1. The lowest BCUT2D eigenvalue weighted by Gasteiger charge is -2.08. The minimum absolute atomic E-state index is 0. The fraction of sp³-hybridized carbons (Fsp3) is 0.211. The van der Waals surface area contributed by atoms with E-state index in [0.29, 0.717) is 34.8 Å². The van der Waals surface area contributed by atoms with E-state index in [1.54, 1.807) is 26.4 Å². The monoisotopic (exact) mass is 529 g/mol. The van der Waals surface area contributed by atoms with E-state index >= 15 is 0 Å². The van der Waals surface area contributed by atoms with Gasteiger partial charge in [0, 0.05) is 10.6 Å². The summed E-state index contributed by atoms with van der Waals surface area (Å²) < 4.78 is 15.7. The van der Waals surface area contributed by atoms with Crippen molar-refractivity contribution in [2.24, 2.45) is 10.7 Å². The van der Waals surface area contributed by atoms with Gasteiger partial charge in [0.25, 0.3) is 0 Å². The quantitative estimate of drug-likeness (QED) is 0.273. The van der Waals surface area contributed by atoms with Crippen molar-refractivity contribution in [1.29, 1.82) is 0 Å². The Morgan fingerprint density at radius 2 is 1.97 bits per heavy atom. The molecule has 0 fully saturated rings. The molecule has 1 heterocycles. The van der Waals surface area contributed by atoms with E-state index in [1.807, 2.05) is 30.3 Å². The van der Waals surface area contributed by atoms with E-state index in [-0.39, 0.29) is 36.5 Å². The number of methoxy groups -OCH3 is 2. The Labute approximate surface area is 190 Å². The smallest absolute Gasteiger partial charge is 0.246 e. The molecular formula is C19H21ClIN5O3. The average Bonchev–Trinajstić information content (AvgIpc) is 3.19. The molecule has 154 valence electrons. The molecule has 0 spiro atoms. The Hall–Kier alpha value is -2.53. The first-order valence-corrected chi connectivity index (χ1v) is 8.80. The minimum atomic E-state index is 0. The maximum Gasteiger partial charge on any atom is 0.246 e. The summed E-state index contributed by atoms with van der Waals surface area (Å²) in [7, 11) is 3.18. The van der Waals surface area contributed by atoms with Gasteiger partial charge in [0.2, 0.25) is 11.7 Å². The van der Waals surface area contributed by atoms with Crippen LogP contribution in [0.3, 0.4) is 0 Å². The van der Waals surface area contributed by atoms with Crippen LogP contribution in [0, 0.1) is 0 Å². The Kier molecular flexibility index (Phi) is 8.52. The molecule has 29 heavy (non-hydrogen) atoms. The van der Waals surface area contributed by atoms with Gasteiger partial charge >= 0.3 is 0 Å². The van der Waals surface area contributed by atoms with Crippen LogP contribution in [-0.2, 0) is 13.1 Å². The van der Waals surface area contributed by atoms with Crippen LogP contribution in [0.2, 0.25) is 5.02 Å². The minimum Gasteiger partial charge on any atom is -0.493 e.